The van der Waals surface area contributed by atoms with Crippen LogP contribution in [-0.2, 0) is 9.53 Å². The van der Waals surface area contributed by atoms with Crippen LogP contribution in [0, 0.1) is 11.8 Å². The topological polar surface area (TPSA) is 46.5 Å². The van der Waals surface area contributed by atoms with Gasteiger partial charge >= 0.3 is 5.97 Å². The van der Waals surface area contributed by atoms with Gasteiger partial charge in [0.15, 0.2) is 0 Å². The van der Waals surface area contributed by atoms with Gasteiger partial charge < -0.3 is 9.84 Å². The average Bonchev–Trinajstić information content (AvgIpc) is 2.74. The predicted octanol–water partition coefficient (Wildman–Crippen LogP) is 0.654. The number of carbonyl (C=O) groups is 1. The summed E-state index contributed by atoms with van der Waals surface area (Å²) in [5, 5.41) is 9.10. The summed E-state index contributed by atoms with van der Waals surface area (Å²) in [5.74, 6) is 0.157. The zero-order valence-corrected chi connectivity index (χ0v) is 7.49. The second-order valence-electron chi connectivity index (χ2n) is 3.42. The largest absolute Gasteiger partial charge is 0.466 e. The average molecular weight is 180 g/mol. The van der Waals surface area contributed by atoms with Crippen molar-refractivity contribution < 1.29 is 14.6 Å². The van der Waals surface area contributed by atoms with Crippen LogP contribution in [0.15, 0.2) is 23.3 Å². The molecule has 0 radical (unpaired) electrons. The van der Waals surface area contributed by atoms with E-state index in [-0.39, 0.29) is 24.4 Å². The Morgan fingerprint density at radius 2 is 2.31 bits per heavy atom. The number of rotatable bonds is 2. The van der Waals surface area contributed by atoms with Crippen molar-refractivity contribution in [3.05, 3.63) is 23.3 Å². The number of hydrogen-bond acceptors (Lipinski definition) is 3. The number of methoxy groups -OCH3 is 1. The predicted molar refractivity (Wildman–Crippen MR) is 46.9 cm³/mol. The highest BCUT2D eigenvalue weighted by molar-refractivity contribution is 5.91. The lowest BCUT2D eigenvalue weighted by Gasteiger charge is -2.11. The zero-order valence-electron chi connectivity index (χ0n) is 7.49. The van der Waals surface area contributed by atoms with Crippen molar-refractivity contribution in [2.75, 3.05) is 13.7 Å². The molecule has 0 amide bonds. The van der Waals surface area contributed by atoms with Crippen LogP contribution in [0.1, 0.15) is 6.42 Å². The van der Waals surface area contributed by atoms with E-state index in [1.165, 1.54) is 7.11 Å². The molecule has 3 nitrogen and oxygen atoms in total. The number of fused-ring (bicyclic) bond motifs is 2. The normalized spacial score (nSPS) is 30.0. The number of hydrogen-bond donors (Lipinski definition) is 1. The summed E-state index contributed by atoms with van der Waals surface area (Å²) in [6.07, 6.45) is 5.01. The Labute approximate surface area is 76.7 Å². The summed E-state index contributed by atoms with van der Waals surface area (Å²) in [6.45, 7) is -0.0318. The minimum atomic E-state index is -0.291. The van der Waals surface area contributed by atoms with Gasteiger partial charge in [0.2, 0.25) is 0 Å². The molecule has 0 aromatic carbocycles. The fourth-order valence-electron chi connectivity index (χ4n) is 2.20. The minimum Gasteiger partial charge on any atom is -0.466 e. The Morgan fingerprint density at radius 3 is 2.92 bits per heavy atom. The van der Waals surface area contributed by atoms with Gasteiger partial charge in [0.05, 0.1) is 13.7 Å². The molecule has 0 spiro atoms. The van der Waals surface area contributed by atoms with E-state index in [1.54, 1.807) is 0 Å². The molecule has 13 heavy (non-hydrogen) atoms. The van der Waals surface area contributed by atoms with Crippen LogP contribution in [0.4, 0.5) is 0 Å². The molecule has 0 unspecified atom stereocenters. The molecule has 2 aliphatic rings. The van der Waals surface area contributed by atoms with Crippen molar-refractivity contribution >= 4 is 5.97 Å². The Balaban J connectivity index is 2.33. The number of allylic oxidation sites excluding steroid dienone is 2. The van der Waals surface area contributed by atoms with E-state index >= 15 is 0 Å². The molecule has 0 saturated carbocycles. The van der Waals surface area contributed by atoms with Gasteiger partial charge in [-0.25, -0.2) is 4.79 Å². The van der Waals surface area contributed by atoms with E-state index in [2.05, 4.69) is 10.8 Å². The summed E-state index contributed by atoms with van der Waals surface area (Å²) in [6, 6.07) is 0. The summed E-state index contributed by atoms with van der Waals surface area (Å²) in [5.41, 5.74) is 1.52. The van der Waals surface area contributed by atoms with E-state index in [0.29, 0.717) is 5.57 Å². The van der Waals surface area contributed by atoms with Gasteiger partial charge in [-0.15, -0.1) is 0 Å². The molecule has 0 aromatic rings. The first-order valence-corrected chi connectivity index (χ1v) is 4.38. The van der Waals surface area contributed by atoms with Gasteiger partial charge in [-0.3, -0.25) is 0 Å². The molecular weight excluding hydrogens is 168 g/mol. The van der Waals surface area contributed by atoms with Crippen LogP contribution in [0.3, 0.4) is 0 Å². The molecule has 0 aliphatic heterocycles. The third-order valence-electron chi connectivity index (χ3n) is 2.82. The Kier molecular flexibility index (Phi) is 1.96. The second-order valence-corrected chi connectivity index (χ2v) is 3.42. The van der Waals surface area contributed by atoms with Crippen LogP contribution >= 0.6 is 0 Å². The smallest absolute Gasteiger partial charge is 0.334 e. The minimum absolute atomic E-state index is 0.0318. The summed E-state index contributed by atoms with van der Waals surface area (Å²) in [7, 11) is 1.38. The molecule has 0 aromatic heterocycles. The molecule has 0 saturated heterocycles. The Bertz CT molecular complexity index is 301. The van der Waals surface area contributed by atoms with Crippen molar-refractivity contribution in [2.45, 2.75) is 6.42 Å². The number of aliphatic hydroxyl groups is 1. The van der Waals surface area contributed by atoms with E-state index in [4.69, 9.17) is 5.11 Å². The zero-order chi connectivity index (χ0) is 9.42. The fourth-order valence-corrected chi connectivity index (χ4v) is 2.20. The third kappa shape index (κ3) is 1.11. The van der Waals surface area contributed by atoms with Gasteiger partial charge in [-0.05, 0) is 12.0 Å². The van der Waals surface area contributed by atoms with E-state index in [1.807, 2.05) is 6.08 Å². The molecule has 3 heteroatoms. The highest BCUT2D eigenvalue weighted by Crippen LogP contribution is 2.43. The fraction of sp³-hybridized carbons (Fsp3) is 0.500. The summed E-state index contributed by atoms with van der Waals surface area (Å²) < 4.78 is 4.68. The highest BCUT2D eigenvalue weighted by Gasteiger charge is 2.38. The van der Waals surface area contributed by atoms with E-state index in [9.17, 15) is 4.79 Å². The maximum absolute atomic E-state index is 11.3. The summed E-state index contributed by atoms with van der Waals surface area (Å²) in [4.78, 5) is 11.3. The van der Waals surface area contributed by atoms with Gasteiger partial charge in [-0.1, -0.05) is 12.2 Å². The van der Waals surface area contributed by atoms with Crippen LogP contribution in [0.2, 0.25) is 0 Å². The van der Waals surface area contributed by atoms with Gasteiger partial charge in [0.25, 0.3) is 0 Å². The molecule has 0 fully saturated rings. The van der Waals surface area contributed by atoms with Crippen molar-refractivity contribution in [1.82, 2.24) is 0 Å². The second kappa shape index (κ2) is 3.00. The molecule has 0 heterocycles. The van der Waals surface area contributed by atoms with Crippen molar-refractivity contribution in [3.8, 4) is 0 Å². The third-order valence-corrected chi connectivity index (χ3v) is 2.82. The number of aliphatic hydroxyl groups excluding tert-OH is 1. The van der Waals surface area contributed by atoms with Crippen LogP contribution in [0.5, 0.6) is 0 Å². The standard InChI is InChI=1S/C10H12O3/c1-13-10(12)9-7-3-2-6(4-7)8(9)5-11/h2-3,6-7,11H,4-5H2,1H3/t6-,7+/m0/s1. The van der Waals surface area contributed by atoms with Crippen LogP contribution in [-0.4, -0.2) is 24.8 Å². The number of ether oxygens (including phenoxy) is 1. The maximum Gasteiger partial charge on any atom is 0.334 e. The van der Waals surface area contributed by atoms with Crippen molar-refractivity contribution in [3.63, 3.8) is 0 Å². The first-order chi connectivity index (χ1) is 6.27. The first kappa shape index (κ1) is 8.51. The van der Waals surface area contributed by atoms with Crippen LogP contribution in [0.25, 0.3) is 0 Å². The molecule has 2 rings (SSSR count). The van der Waals surface area contributed by atoms with Gasteiger partial charge in [0.1, 0.15) is 0 Å². The number of carbonyl (C=O) groups excluding carboxylic acids is 1. The highest BCUT2D eigenvalue weighted by atomic mass is 16.5. The van der Waals surface area contributed by atoms with Gasteiger partial charge in [-0.2, -0.15) is 0 Å². The maximum atomic E-state index is 11.3. The molecule has 2 aliphatic carbocycles. The first-order valence-electron chi connectivity index (χ1n) is 4.38. The molecular formula is C10H12O3. The van der Waals surface area contributed by atoms with E-state index < -0.39 is 0 Å². The molecule has 1 N–H and O–H groups in total. The van der Waals surface area contributed by atoms with Crippen molar-refractivity contribution in [2.24, 2.45) is 11.8 Å². The summed E-state index contributed by atoms with van der Waals surface area (Å²) >= 11 is 0. The Hall–Kier alpha value is -1.09. The molecule has 2 atom stereocenters. The monoisotopic (exact) mass is 180 g/mol. The van der Waals surface area contributed by atoms with Crippen molar-refractivity contribution in [1.29, 1.82) is 0 Å². The van der Waals surface area contributed by atoms with E-state index in [0.717, 1.165) is 12.0 Å². The SMILES string of the molecule is COC(=O)C1=C(CO)[C@H]2C=C[C@@H]1C2. The lowest BCUT2D eigenvalue weighted by atomic mass is 9.98. The molecule has 70 valence electrons. The molecule has 2 bridgehead atoms. The lowest BCUT2D eigenvalue weighted by Crippen LogP contribution is -2.13. The lowest BCUT2D eigenvalue weighted by molar-refractivity contribution is -0.136. The Morgan fingerprint density at radius 1 is 1.62 bits per heavy atom. The quantitative estimate of drug-likeness (QED) is 0.501. The number of esters is 1. The van der Waals surface area contributed by atoms with Crippen LogP contribution < -0.4 is 0 Å². The van der Waals surface area contributed by atoms with Gasteiger partial charge in [0, 0.05) is 17.4 Å².